The number of aromatic amines is 1. The van der Waals surface area contributed by atoms with Crippen LogP contribution in [0.2, 0.25) is 0 Å². The molecule has 3 N–H and O–H groups in total. The van der Waals surface area contributed by atoms with E-state index in [1.165, 1.54) is 5.56 Å². The van der Waals surface area contributed by atoms with Crippen molar-refractivity contribution in [2.24, 2.45) is 4.99 Å². The standard InChI is InChI=1S/C13H25N5O/c1-4-14-13(16-8-9-19-3)15-7-5-6-12-10-17-18-11(12)2/h10H,4-9H2,1-3H3,(H,17,18)(H2,14,15,16). The first kappa shape index (κ1) is 15.5. The van der Waals surface area contributed by atoms with Crippen LogP contribution in [-0.2, 0) is 11.2 Å². The van der Waals surface area contributed by atoms with Gasteiger partial charge in [0, 0.05) is 32.4 Å². The highest BCUT2D eigenvalue weighted by molar-refractivity contribution is 5.79. The van der Waals surface area contributed by atoms with Crippen molar-refractivity contribution >= 4 is 5.96 Å². The van der Waals surface area contributed by atoms with E-state index in [-0.39, 0.29) is 0 Å². The lowest BCUT2D eigenvalue weighted by molar-refractivity contribution is 0.203. The Balaban J connectivity index is 2.28. The highest BCUT2D eigenvalue weighted by Gasteiger charge is 2.00. The Kier molecular flexibility index (Phi) is 7.65. The van der Waals surface area contributed by atoms with E-state index >= 15 is 0 Å². The summed E-state index contributed by atoms with van der Waals surface area (Å²) < 4.78 is 5.00. The molecule has 0 spiro atoms. The molecule has 0 aliphatic heterocycles. The average Bonchev–Trinajstić information content (AvgIpc) is 2.80. The number of ether oxygens (including phenoxy) is 1. The first-order chi connectivity index (χ1) is 9.27. The molecule has 0 atom stereocenters. The summed E-state index contributed by atoms with van der Waals surface area (Å²) in [5, 5.41) is 13.4. The fraction of sp³-hybridized carbons (Fsp3) is 0.692. The summed E-state index contributed by atoms with van der Waals surface area (Å²) in [6.45, 7) is 7.21. The maximum atomic E-state index is 5.00. The number of aryl methyl sites for hydroxylation is 2. The van der Waals surface area contributed by atoms with Gasteiger partial charge in [-0.1, -0.05) is 0 Å². The molecule has 1 rings (SSSR count). The second kappa shape index (κ2) is 9.38. The second-order valence-electron chi connectivity index (χ2n) is 4.30. The van der Waals surface area contributed by atoms with Gasteiger partial charge in [0.2, 0.25) is 0 Å². The molecule has 0 amide bonds. The molecule has 0 aromatic carbocycles. The van der Waals surface area contributed by atoms with Gasteiger partial charge in [0.15, 0.2) is 5.96 Å². The van der Waals surface area contributed by atoms with Gasteiger partial charge in [-0.05, 0) is 32.3 Å². The number of H-pyrrole nitrogens is 1. The molecule has 0 saturated heterocycles. The molecule has 19 heavy (non-hydrogen) atoms. The third kappa shape index (κ3) is 6.24. The van der Waals surface area contributed by atoms with E-state index in [0.29, 0.717) is 6.61 Å². The number of aromatic nitrogens is 2. The number of methoxy groups -OCH3 is 1. The van der Waals surface area contributed by atoms with Crippen LogP contribution in [0, 0.1) is 6.92 Å². The normalized spacial score (nSPS) is 11.6. The van der Waals surface area contributed by atoms with Crippen molar-refractivity contribution in [3.8, 4) is 0 Å². The fourth-order valence-corrected chi connectivity index (χ4v) is 1.70. The molecule has 1 aromatic rings. The summed E-state index contributed by atoms with van der Waals surface area (Å²) in [5.41, 5.74) is 2.42. The number of guanidine groups is 1. The molecule has 0 radical (unpaired) electrons. The van der Waals surface area contributed by atoms with E-state index in [1.54, 1.807) is 7.11 Å². The Morgan fingerprint density at radius 3 is 2.95 bits per heavy atom. The zero-order chi connectivity index (χ0) is 13.9. The average molecular weight is 267 g/mol. The van der Waals surface area contributed by atoms with E-state index in [0.717, 1.165) is 44.1 Å². The van der Waals surface area contributed by atoms with E-state index in [1.807, 2.05) is 13.1 Å². The van der Waals surface area contributed by atoms with Crippen molar-refractivity contribution in [2.45, 2.75) is 26.7 Å². The van der Waals surface area contributed by atoms with Crippen LogP contribution in [0.25, 0.3) is 0 Å². The molecule has 0 aliphatic carbocycles. The Bertz CT molecular complexity index is 375. The van der Waals surface area contributed by atoms with Gasteiger partial charge in [0.05, 0.1) is 12.8 Å². The van der Waals surface area contributed by atoms with Gasteiger partial charge in [0.1, 0.15) is 0 Å². The van der Waals surface area contributed by atoms with Crippen molar-refractivity contribution in [2.75, 3.05) is 33.4 Å². The van der Waals surface area contributed by atoms with E-state index in [4.69, 9.17) is 4.74 Å². The van der Waals surface area contributed by atoms with Gasteiger partial charge in [0.25, 0.3) is 0 Å². The molecule has 1 heterocycles. The van der Waals surface area contributed by atoms with Gasteiger partial charge in [-0.2, -0.15) is 5.10 Å². The number of rotatable bonds is 8. The highest BCUT2D eigenvalue weighted by Crippen LogP contribution is 2.05. The smallest absolute Gasteiger partial charge is 0.191 e. The minimum absolute atomic E-state index is 0.679. The molecule has 0 unspecified atom stereocenters. The quantitative estimate of drug-likeness (QED) is 0.371. The first-order valence-electron chi connectivity index (χ1n) is 6.78. The first-order valence-corrected chi connectivity index (χ1v) is 6.78. The van der Waals surface area contributed by atoms with E-state index in [2.05, 4.69) is 32.7 Å². The predicted molar refractivity (Wildman–Crippen MR) is 77.5 cm³/mol. The van der Waals surface area contributed by atoms with Crippen LogP contribution in [0.3, 0.4) is 0 Å². The summed E-state index contributed by atoms with van der Waals surface area (Å²) in [6, 6.07) is 0. The number of hydrogen-bond donors (Lipinski definition) is 3. The molecular formula is C13H25N5O. The summed E-state index contributed by atoms with van der Waals surface area (Å²) in [5.74, 6) is 0.850. The van der Waals surface area contributed by atoms with Crippen LogP contribution in [0.5, 0.6) is 0 Å². The second-order valence-corrected chi connectivity index (χ2v) is 4.30. The highest BCUT2D eigenvalue weighted by atomic mass is 16.5. The van der Waals surface area contributed by atoms with Crippen LogP contribution < -0.4 is 10.6 Å². The van der Waals surface area contributed by atoms with E-state index in [9.17, 15) is 0 Å². The summed E-state index contributed by atoms with van der Waals surface area (Å²) in [4.78, 5) is 4.52. The maximum absolute atomic E-state index is 5.00. The van der Waals surface area contributed by atoms with Crippen molar-refractivity contribution in [3.63, 3.8) is 0 Å². The minimum Gasteiger partial charge on any atom is -0.383 e. The van der Waals surface area contributed by atoms with Gasteiger partial charge < -0.3 is 15.4 Å². The molecule has 0 fully saturated rings. The van der Waals surface area contributed by atoms with Crippen LogP contribution >= 0.6 is 0 Å². The summed E-state index contributed by atoms with van der Waals surface area (Å²) >= 11 is 0. The van der Waals surface area contributed by atoms with Gasteiger partial charge in [-0.25, -0.2) is 0 Å². The van der Waals surface area contributed by atoms with Crippen molar-refractivity contribution in [1.29, 1.82) is 0 Å². The van der Waals surface area contributed by atoms with Crippen molar-refractivity contribution in [1.82, 2.24) is 20.8 Å². The summed E-state index contributed by atoms with van der Waals surface area (Å²) in [6.07, 6.45) is 3.91. The lowest BCUT2D eigenvalue weighted by Gasteiger charge is -2.10. The lowest BCUT2D eigenvalue weighted by atomic mass is 10.1. The van der Waals surface area contributed by atoms with Crippen LogP contribution in [-0.4, -0.2) is 49.5 Å². The molecule has 0 bridgehead atoms. The predicted octanol–water partition coefficient (Wildman–Crippen LogP) is 0.852. The monoisotopic (exact) mass is 267 g/mol. The molecule has 6 heteroatoms. The number of aliphatic imine (C=N–C) groups is 1. The minimum atomic E-state index is 0.679. The molecular weight excluding hydrogens is 242 g/mol. The lowest BCUT2D eigenvalue weighted by Crippen LogP contribution is -2.39. The molecule has 108 valence electrons. The molecule has 6 nitrogen and oxygen atoms in total. The third-order valence-electron chi connectivity index (χ3n) is 2.75. The Hall–Kier alpha value is -1.56. The van der Waals surface area contributed by atoms with Crippen LogP contribution in [0.1, 0.15) is 24.6 Å². The third-order valence-corrected chi connectivity index (χ3v) is 2.75. The zero-order valence-corrected chi connectivity index (χ0v) is 12.1. The number of nitrogens with one attached hydrogen (secondary N) is 3. The topological polar surface area (TPSA) is 74.3 Å². The SMILES string of the molecule is CCNC(=NCCCc1cn[nH]c1C)NCCOC. The Morgan fingerprint density at radius 2 is 2.32 bits per heavy atom. The van der Waals surface area contributed by atoms with Crippen molar-refractivity contribution < 1.29 is 4.74 Å². The van der Waals surface area contributed by atoms with Gasteiger partial charge in [-0.3, -0.25) is 10.1 Å². The fourth-order valence-electron chi connectivity index (χ4n) is 1.70. The van der Waals surface area contributed by atoms with Crippen molar-refractivity contribution in [3.05, 3.63) is 17.5 Å². The van der Waals surface area contributed by atoms with Gasteiger partial charge >= 0.3 is 0 Å². The number of nitrogens with zero attached hydrogens (tertiary/aromatic N) is 2. The summed E-state index contributed by atoms with van der Waals surface area (Å²) in [7, 11) is 1.69. The molecule has 0 aliphatic rings. The van der Waals surface area contributed by atoms with Gasteiger partial charge in [-0.15, -0.1) is 0 Å². The molecule has 1 aromatic heterocycles. The van der Waals surface area contributed by atoms with Crippen LogP contribution in [0.15, 0.2) is 11.2 Å². The van der Waals surface area contributed by atoms with Crippen LogP contribution in [0.4, 0.5) is 0 Å². The maximum Gasteiger partial charge on any atom is 0.191 e. The largest absolute Gasteiger partial charge is 0.383 e. The number of hydrogen-bond acceptors (Lipinski definition) is 3. The Labute approximate surface area is 115 Å². The molecule has 0 saturated carbocycles. The van der Waals surface area contributed by atoms with E-state index < -0.39 is 0 Å². The zero-order valence-electron chi connectivity index (χ0n) is 12.1. The Morgan fingerprint density at radius 1 is 1.47 bits per heavy atom.